The first-order chi connectivity index (χ1) is 8.74. The number of anilines is 1. The van der Waals surface area contributed by atoms with Crippen molar-refractivity contribution < 1.29 is 9.15 Å². The highest BCUT2D eigenvalue weighted by Crippen LogP contribution is 2.23. The molecule has 2 N–H and O–H groups in total. The number of halogens is 1. The standard InChI is InChI=1S/C10H6IN5O2/c11-6-3-1-5(2-4-6)10-13-9(16-17-10)7-8(12)15-18-14-7/h1-4H,(H2,12,15). The number of nitrogens with zero attached hydrogens (tertiary/aromatic N) is 4. The third kappa shape index (κ3) is 1.94. The highest BCUT2D eigenvalue weighted by Gasteiger charge is 2.17. The summed E-state index contributed by atoms with van der Waals surface area (Å²) in [6.45, 7) is 0. The Hall–Kier alpha value is -1.97. The van der Waals surface area contributed by atoms with Crippen molar-refractivity contribution in [3.05, 3.63) is 27.8 Å². The van der Waals surface area contributed by atoms with Crippen molar-refractivity contribution in [1.82, 2.24) is 20.5 Å². The highest BCUT2D eigenvalue weighted by molar-refractivity contribution is 14.1. The first-order valence-electron chi connectivity index (χ1n) is 4.92. The molecule has 1 aromatic carbocycles. The fourth-order valence-corrected chi connectivity index (χ4v) is 1.74. The molecule has 3 aromatic rings. The van der Waals surface area contributed by atoms with E-state index in [0.717, 1.165) is 9.13 Å². The van der Waals surface area contributed by atoms with Crippen LogP contribution < -0.4 is 5.73 Å². The number of nitrogens with two attached hydrogens (primary N) is 1. The molecule has 0 bridgehead atoms. The van der Waals surface area contributed by atoms with Gasteiger partial charge in [-0.05, 0) is 57.2 Å². The van der Waals surface area contributed by atoms with Crippen LogP contribution in [-0.2, 0) is 0 Å². The Kier molecular flexibility index (Phi) is 2.70. The van der Waals surface area contributed by atoms with E-state index >= 15 is 0 Å². The largest absolute Gasteiger partial charge is 0.379 e. The van der Waals surface area contributed by atoms with E-state index in [1.165, 1.54) is 0 Å². The van der Waals surface area contributed by atoms with E-state index < -0.39 is 0 Å². The zero-order valence-corrected chi connectivity index (χ0v) is 11.0. The minimum absolute atomic E-state index is 0.130. The molecule has 0 unspecified atom stereocenters. The molecule has 3 rings (SSSR count). The summed E-state index contributed by atoms with van der Waals surface area (Å²) in [5.41, 5.74) is 6.65. The summed E-state index contributed by atoms with van der Waals surface area (Å²) in [5.74, 6) is 0.774. The summed E-state index contributed by atoms with van der Waals surface area (Å²) in [6.07, 6.45) is 0. The summed E-state index contributed by atoms with van der Waals surface area (Å²) in [5, 5.41) is 10.9. The van der Waals surface area contributed by atoms with Gasteiger partial charge < -0.3 is 10.3 Å². The van der Waals surface area contributed by atoms with Crippen LogP contribution in [0.1, 0.15) is 0 Å². The average molecular weight is 355 g/mol. The highest BCUT2D eigenvalue weighted by atomic mass is 127. The molecule has 2 aromatic heterocycles. The molecule has 0 radical (unpaired) electrons. The van der Waals surface area contributed by atoms with Crippen LogP contribution in [0.4, 0.5) is 5.82 Å². The van der Waals surface area contributed by atoms with Crippen LogP contribution >= 0.6 is 22.6 Å². The molecule has 0 saturated carbocycles. The normalized spacial score (nSPS) is 10.7. The van der Waals surface area contributed by atoms with E-state index in [-0.39, 0.29) is 17.3 Å². The third-order valence-corrected chi connectivity index (χ3v) is 2.96. The van der Waals surface area contributed by atoms with E-state index in [1.807, 2.05) is 24.3 Å². The van der Waals surface area contributed by atoms with Crippen LogP contribution in [0.25, 0.3) is 23.0 Å². The Bertz CT molecular complexity index is 676. The van der Waals surface area contributed by atoms with Gasteiger partial charge in [-0.25, -0.2) is 4.63 Å². The van der Waals surface area contributed by atoms with Crippen LogP contribution in [0.15, 0.2) is 33.4 Å². The van der Waals surface area contributed by atoms with Crippen molar-refractivity contribution in [1.29, 1.82) is 0 Å². The Morgan fingerprint density at radius 1 is 1.06 bits per heavy atom. The lowest BCUT2D eigenvalue weighted by Gasteiger charge is -1.93. The molecule has 0 atom stereocenters. The lowest BCUT2D eigenvalue weighted by atomic mass is 10.2. The fraction of sp³-hybridized carbons (Fsp3) is 0. The molecule has 0 aliphatic carbocycles. The molecular weight excluding hydrogens is 349 g/mol. The van der Waals surface area contributed by atoms with E-state index in [1.54, 1.807) is 0 Å². The molecule has 7 nitrogen and oxygen atoms in total. The number of nitrogen functional groups attached to an aromatic ring is 1. The summed E-state index contributed by atoms with van der Waals surface area (Å²) in [7, 11) is 0. The van der Waals surface area contributed by atoms with Crippen molar-refractivity contribution >= 4 is 28.4 Å². The number of hydrogen-bond donors (Lipinski definition) is 1. The van der Waals surface area contributed by atoms with Gasteiger partial charge in [0, 0.05) is 9.13 Å². The molecule has 0 spiro atoms. The van der Waals surface area contributed by atoms with E-state index in [0.29, 0.717) is 5.89 Å². The first-order valence-corrected chi connectivity index (χ1v) is 6.00. The molecule has 8 heteroatoms. The fourth-order valence-electron chi connectivity index (χ4n) is 1.38. The lowest BCUT2D eigenvalue weighted by Crippen LogP contribution is -1.89. The molecule has 0 amide bonds. The lowest BCUT2D eigenvalue weighted by molar-refractivity contribution is 0.310. The molecule has 0 aliphatic rings. The van der Waals surface area contributed by atoms with Crippen molar-refractivity contribution in [2.75, 3.05) is 5.73 Å². The van der Waals surface area contributed by atoms with Crippen LogP contribution in [0.3, 0.4) is 0 Å². The van der Waals surface area contributed by atoms with E-state index in [9.17, 15) is 0 Å². The van der Waals surface area contributed by atoms with Crippen LogP contribution in [0.2, 0.25) is 0 Å². The molecular formula is C10H6IN5O2. The number of benzene rings is 1. The zero-order valence-electron chi connectivity index (χ0n) is 8.87. The van der Waals surface area contributed by atoms with Gasteiger partial charge in [0.15, 0.2) is 11.5 Å². The van der Waals surface area contributed by atoms with Gasteiger partial charge in [0.05, 0.1) is 0 Å². The molecule has 18 heavy (non-hydrogen) atoms. The second kappa shape index (κ2) is 4.37. The monoisotopic (exact) mass is 355 g/mol. The van der Waals surface area contributed by atoms with Crippen molar-refractivity contribution in [3.8, 4) is 23.0 Å². The average Bonchev–Trinajstić information content (AvgIpc) is 2.98. The van der Waals surface area contributed by atoms with Gasteiger partial charge in [-0.1, -0.05) is 5.16 Å². The maximum atomic E-state index is 5.55. The first kappa shape index (κ1) is 11.1. The van der Waals surface area contributed by atoms with E-state index in [4.69, 9.17) is 10.3 Å². The van der Waals surface area contributed by atoms with Gasteiger partial charge >= 0.3 is 0 Å². The second-order valence-electron chi connectivity index (χ2n) is 3.43. The maximum Gasteiger partial charge on any atom is 0.258 e. The number of aromatic nitrogens is 4. The van der Waals surface area contributed by atoms with E-state index in [2.05, 4.69) is 47.7 Å². The Morgan fingerprint density at radius 3 is 2.50 bits per heavy atom. The minimum atomic E-state index is 0.130. The third-order valence-electron chi connectivity index (χ3n) is 2.24. The SMILES string of the molecule is Nc1nonc1-c1noc(-c2ccc(I)cc2)n1. The number of hydrogen-bond acceptors (Lipinski definition) is 7. The number of rotatable bonds is 2. The Morgan fingerprint density at radius 2 is 1.83 bits per heavy atom. The summed E-state index contributed by atoms with van der Waals surface area (Å²) >= 11 is 2.22. The van der Waals surface area contributed by atoms with Gasteiger partial charge in [0.1, 0.15) is 0 Å². The summed E-state index contributed by atoms with van der Waals surface area (Å²) in [4.78, 5) is 4.19. The predicted octanol–water partition coefficient (Wildman–Crippen LogP) is 1.97. The summed E-state index contributed by atoms with van der Waals surface area (Å²) in [6, 6.07) is 7.69. The maximum absolute atomic E-state index is 5.55. The topological polar surface area (TPSA) is 104 Å². The van der Waals surface area contributed by atoms with Gasteiger partial charge in [-0.3, -0.25) is 0 Å². The molecule has 90 valence electrons. The minimum Gasteiger partial charge on any atom is -0.379 e. The molecule has 2 heterocycles. The van der Waals surface area contributed by atoms with Gasteiger partial charge in [-0.15, -0.1) is 0 Å². The Labute approximate surface area is 114 Å². The smallest absolute Gasteiger partial charge is 0.258 e. The van der Waals surface area contributed by atoms with Gasteiger partial charge in [-0.2, -0.15) is 4.98 Å². The second-order valence-corrected chi connectivity index (χ2v) is 4.67. The predicted molar refractivity (Wildman–Crippen MR) is 70.2 cm³/mol. The van der Waals surface area contributed by atoms with Crippen molar-refractivity contribution in [2.45, 2.75) is 0 Å². The molecule has 0 fully saturated rings. The van der Waals surface area contributed by atoms with Crippen LogP contribution in [0.5, 0.6) is 0 Å². The van der Waals surface area contributed by atoms with Gasteiger partial charge in [0.2, 0.25) is 5.82 Å². The molecule has 0 aliphatic heterocycles. The summed E-state index contributed by atoms with van der Waals surface area (Å²) < 4.78 is 10.7. The van der Waals surface area contributed by atoms with Crippen LogP contribution in [-0.4, -0.2) is 20.5 Å². The zero-order chi connectivity index (χ0) is 12.5. The quantitative estimate of drug-likeness (QED) is 0.701. The van der Waals surface area contributed by atoms with Crippen molar-refractivity contribution in [3.63, 3.8) is 0 Å². The van der Waals surface area contributed by atoms with Gasteiger partial charge in [0.25, 0.3) is 5.89 Å². The van der Waals surface area contributed by atoms with Crippen LogP contribution in [0, 0.1) is 3.57 Å². The van der Waals surface area contributed by atoms with Crippen molar-refractivity contribution in [2.24, 2.45) is 0 Å². The molecule has 0 saturated heterocycles. The Balaban J connectivity index is 1.99.